The summed E-state index contributed by atoms with van der Waals surface area (Å²) >= 11 is 0. The molecule has 1 saturated heterocycles. The predicted octanol–water partition coefficient (Wildman–Crippen LogP) is 2.30. The minimum absolute atomic E-state index is 0.396. The monoisotopic (exact) mass is 367 g/mol. The normalized spacial score (nSPS) is 15.9. The third-order valence-electron chi connectivity index (χ3n) is 5.13. The van der Waals surface area contributed by atoms with E-state index in [0.29, 0.717) is 19.1 Å². The lowest BCUT2D eigenvalue weighted by Crippen LogP contribution is -2.42. The number of hydrogen-bond acceptors (Lipinski definition) is 5. The zero-order valence-corrected chi connectivity index (χ0v) is 15.3. The molecule has 1 aliphatic heterocycles. The molecule has 0 radical (unpaired) electrons. The van der Waals surface area contributed by atoms with Crippen LogP contribution in [0.2, 0.25) is 0 Å². The lowest BCUT2D eigenvalue weighted by atomic mass is 10.1. The first kappa shape index (κ1) is 17.6. The van der Waals surface area contributed by atoms with E-state index in [2.05, 4.69) is 26.2 Å². The number of para-hydroxylation sites is 2. The number of carbonyl (C=O) groups is 1. The van der Waals surface area contributed by atoms with Crippen LogP contribution in [0.15, 0.2) is 47.1 Å². The topological polar surface area (TPSA) is 75.3 Å². The Hall–Kier alpha value is -2.80. The summed E-state index contributed by atoms with van der Waals surface area (Å²) in [5.41, 5.74) is 2.10. The number of benzene rings is 1. The molecule has 0 saturated carbocycles. The Morgan fingerprint density at radius 1 is 1.19 bits per heavy atom. The van der Waals surface area contributed by atoms with E-state index in [1.54, 1.807) is 6.26 Å². The molecule has 3 aromatic rings. The van der Waals surface area contributed by atoms with Crippen molar-refractivity contribution < 1.29 is 9.21 Å². The number of furan rings is 1. The first-order valence-corrected chi connectivity index (χ1v) is 9.47. The van der Waals surface area contributed by atoms with E-state index < -0.39 is 0 Å². The minimum atomic E-state index is 0.396. The van der Waals surface area contributed by atoms with Crippen molar-refractivity contribution in [2.75, 3.05) is 31.5 Å². The molecule has 3 heterocycles. The smallest absolute Gasteiger partial charge is 0.207 e. The molecule has 0 spiro atoms. The third-order valence-corrected chi connectivity index (χ3v) is 5.13. The molecule has 1 fully saturated rings. The van der Waals surface area contributed by atoms with E-state index in [0.717, 1.165) is 61.6 Å². The van der Waals surface area contributed by atoms with Crippen LogP contribution in [0, 0.1) is 0 Å². The maximum Gasteiger partial charge on any atom is 0.207 e. The molecule has 0 bridgehead atoms. The van der Waals surface area contributed by atoms with Gasteiger partial charge in [0.2, 0.25) is 12.4 Å². The molecular formula is C20H25N5O2. The van der Waals surface area contributed by atoms with Gasteiger partial charge in [-0.2, -0.15) is 0 Å². The van der Waals surface area contributed by atoms with Crippen molar-refractivity contribution in [1.82, 2.24) is 19.8 Å². The van der Waals surface area contributed by atoms with Crippen LogP contribution in [0.5, 0.6) is 0 Å². The van der Waals surface area contributed by atoms with Crippen LogP contribution in [0.4, 0.5) is 5.95 Å². The fourth-order valence-electron chi connectivity index (χ4n) is 3.67. The number of imidazole rings is 1. The standard InChI is InChI=1S/C20H25N5O2/c26-15-21-9-12-24-10-7-16(8-11-24)22-20-23-18-5-1-2-6-19(18)25(20)14-17-4-3-13-27-17/h1-6,13,15-16H,7-12,14H2,(H,21,26)(H,22,23). The van der Waals surface area contributed by atoms with E-state index in [9.17, 15) is 4.79 Å². The first-order chi connectivity index (χ1) is 13.3. The van der Waals surface area contributed by atoms with Crippen molar-refractivity contribution >= 4 is 23.4 Å². The summed E-state index contributed by atoms with van der Waals surface area (Å²) < 4.78 is 7.74. The largest absolute Gasteiger partial charge is 0.467 e. The maximum atomic E-state index is 10.4. The Kier molecular flexibility index (Phi) is 5.39. The molecule has 27 heavy (non-hydrogen) atoms. The summed E-state index contributed by atoms with van der Waals surface area (Å²) in [5, 5.41) is 6.38. The number of rotatable bonds is 8. The van der Waals surface area contributed by atoms with Crippen LogP contribution in [-0.4, -0.2) is 53.1 Å². The van der Waals surface area contributed by atoms with Crippen molar-refractivity contribution in [3.63, 3.8) is 0 Å². The number of anilines is 1. The number of aromatic nitrogens is 2. The van der Waals surface area contributed by atoms with Crippen LogP contribution in [0.25, 0.3) is 11.0 Å². The van der Waals surface area contributed by atoms with E-state index >= 15 is 0 Å². The molecule has 1 amide bonds. The molecule has 4 rings (SSSR count). The molecule has 2 N–H and O–H groups in total. The van der Waals surface area contributed by atoms with Crippen molar-refractivity contribution in [2.45, 2.75) is 25.4 Å². The van der Waals surface area contributed by atoms with E-state index in [1.165, 1.54) is 0 Å². The van der Waals surface area contributed by atoms with Crippen LogP contribution in [-0.2, 0) is 11.3 Å². The van der Waals surface area contributed by atoms with Crippen molar-refractivity contribution in [1.29, 1.82) is 0 Å². The van der Waals surface area contributed by atoms with Crippen molar-refractivity contribution in [3.05, 3.63) is 48.4 Å². The number of fused-ring (bicyclic) bond motifs is 1. The van der Waals surface area contributed by atoms with Gasteiger partial charge < -0.3 is 24.5 Å². The summed E-state index contributed by atoms with van der Waals surface area (Å²) in [7, 11) is 0. The zero-order chi connectivity index (χ0) is 18.5. The zero-order valence-electron chi connectivity index (χ0n) is 15.3. The van der Waals surface area contributed by atoms with E-state index in [4.69, 9.17) is 9.40 Å². The van der Waals surface area contributed by atoms with Gasteiger partial charge in [0.25, 0.3) is 0 Å². The van der Waals surface area contributed by atoms with Gasteiger partial charge in [0.15, 0.2) is 0 Å². The van der Waals surface area contributed by atoms with Gasteiger partial charge in [0.05, 0.1) is 23.8 Å². The highest BCUT2D eigenvalue weighted by atomic mass is 16.3. The molecular weight excluding hydrogens is 342 g/mol. The highest BCUT2D eigenvalue weighted by Gasteiger charge is 2.21. The highest BCUT2D eigenvalue weighted by Crippen LogP contribution is 2.23. The molecule has 7 heteroatoms. The number of piperidine rings is 1. The molecule has 0 aliphatic carbocycles. The number of likely N-dealkylation sites (tertiary alicyclic amines) is 1. The number of nitrogens with one attached hydrogen (secondary N) is 2. The molecule has 0 unspecified atom stereocenters. The van der Waals surface area contributed by atoms with Crippen molar-refractivity contribution in [3.8, 4) is 0 Å². The number of nitrogens with zero attached hydrogens (tertiary/aromatic N) is 3. The van der Waals surface area contributed by atoms with E-state index in [-0.39, 0.29) is 0 Å². The Labute approximate surface area is 158 Å². The summed E-state index contributed by atoms with van der Waals surface area (Å²) in [5.74, 6) is 1.81. The lowest BCUT2D eigenvalue weighted by Gasteiger charge is -2.32. The van der Waals surface area contributed by atoms with Gasteiger partial charge in [-0.05, 0) is 37.1 Å². The van der Waals surface area contributed by atoms with Gasteiger partial charge in [0, 0.05) is 32.2 Å². The molecule has 0 atom stereocenters. The maximum absolute atomic E-state index is 10.4. The first-order valence-electron chi connectivity index (χ1n) is 9.47. The number of hydrogen-bond donors (Lipinski definition) is 2. The summed E-state index contributed by atoms with van der Waals surface area (Å²) in [6.45, 7) is 4.32. The summed E-state index contributed by atoms with van der Waals surface area (Å²) in [6.07, 6.45) is 4.59. The Morgan fingerprint density at radius 2 is 2.04 bits per heavy atom. The quantitative estimate of drug-likeness (QED) is 0.472. The van der Waals surface area contributed by atoms with Crippen LogP contribution < -0.4 is 10.6 Å². The van der Waals surface area contributed by atoms with Gasteiger partial charge in [-0.1, -0.05) is 12.1 Å². The van der Waals surface area contributed by atoms with Gasteiger partial charge in [-0.15, -0.1) is 0 Å². The fraction of sp³-hybridized carbons (Fsp3) is 0.400. The van der Waals surface area contributed by atoms with Crippen LogP contribution in [0.3, 0.4) is 0 Å². The number of amides is 1. The molecule has 7 nitrogen and oxygen atoms in total. The molecule has 1 aromatic carbocycles. The second-order valence-electron chi connectivity index (χ2n) is 6.92. The summed E-state index contributed by atoms with van der Waals surface area (Å²) in [6, 6.07) is 12.5. The van der Waals surface area contributed by atoms with Gasteiger partial charge in [-0.25, -0.2) is 4.98 Å². The van der Waals surface area contributed by atoms with Gasteiger partial charge in [0.1, 0.15) is 5.76 Å². The Balaban J connectivity index is 1.45. The Morgan fingerprint density at radius 3 is 2.81 bits per heavy atom. The Bertz CT molecular complexity index is 866. The SMILES string of the molecule is O=CNCCN1CCC(Nc2nc3ccccc3n2Cc2ccco2)CC1. The van der Waals surface area contributed by atoms with Gasteiger partial charge in [-0.3, -0.25) is 4.79 Å². The second kappa shape index (κ2) is 8.26. The predicted molar refractivity (Wildman–Crippen MR) is 105 cm³/mol. The number of carbonyl (C=O) groups excluding carboxylic acids is 1. The lowest BCUT2D eigenvalue weighted by molar-refractivity contribution is -0.109. The fourth-order valence-corrected chi connectivity index (χ4v) is 3.67. The van der Waals surface area contributed by atoms with Crippen molar-refractivity contribution in [2.24, 2.45) is 0 Å². The third kappa shape index (κ3) is 4.14. The molecule has 1 aliphatic rings. The average Bonchev–Trinajstić information content (AvgIpc) is 3.32. The van der Waals surface area contributed by atoms with E-state index in [1.807, 2.05) is 30.3 Å². The summed E-state index contributed by atoms with van der Waals surface area (Å²) in [4.78, 5) is 17.6. The minimum Gasteiger partial charge on any atom is -0.467 e. The van der Waals surface area contributed by atoms with Crippen LogP contribution in [0.1, 0.15) is 18.6 Å². The second-order valence-corrected chi connectivity index (χ2v) is 6.92. The van der Waals surface area contributed by atoms with Gasteiger partial charge >= 0.3 is 0 Å². The molecule has 142 valence electrons. The van der Waals surface area contributed by atoms with Crippen LogP contribution >= 0.6 is 0 Å². The average molecular weight is 367 g/mol. The molecule has 2 aromatic heterocycles. The highest BCUT2D eigenvalue weighted by molar-refractivity contribution is 5.78.